The third-order valence-corrected chi connectivity index (χ3v) is 5.18. The van der Waals surface area contributed by atoms with E-state index in [0.717, 1.165) is 17.0 Å². The minimum absolute atomic E-state index is 0.00785. The molecule has 1 aliphatic rings. The monoisotopic (exact) mass is 340 g/mol. The van der Waals surface area contributed by atoms with Crippen molar-refractivity contribution < 1.29 is 9.59 Å². The van der Waals surface area contributed by atoms with Crippen molar-refractivity contribution in [3.63, 3.8) is 0 Å². The molecular weight excluding hydrogens is 320 g/mol. The molecule has 1 N–H and O–H groups in total. The van der Waals surface area contributed by atoms with Gasteiger partial charge in [-0.05, 0) is 42.8 Å². The average Bonchev–Trinajstić information content (AvgIpc) is 2.72. The summed E-state index contributed by atoms with van der Waals surface area (Å²) in [5.41, 5.74) is 2.29. The summed E-state index contributed by atoms with van der Waals surface area (Å²) >= 11 is 1.82. The lowest BCUT2D eigenvalue weighted by Gasteiger charge is -2.22. The SMILES string of the molecule is CC(=O)Nc1ccc(C(=O)N2CC[C@@H](C)Sc3ccccc32)cc1. The summed E-state index contributed by atoms with van der Waals surface area (Å²) in [7, 11) is 0. The van der Waals surface area contributed by atoms with Crippen LogP contribution in [0, 0.1) is 0 Å². The summed E-state index contributed by atoms with van der Waals surface area (Å²) in [4.78, 5) is 27.1. The smallest absolute Gasteiger partial charge is 0.258 e. The van der Waals surface area contributed by atoms with Crippen molar-refractivity contribution in [3.8, 4) is 0 Å². The number of carbonyl (C=O) groups is 2. The maximum absolute atomic E-state index is 13.0. The number of para-hydroxylation sites is 1. The van der Waals surface area contributed by atoms with Gasteiger partial charge in [-0.2, -0.15) is 0 Å². The minimum atomic E-state index is -0.124. The second-order valence-electron chi connectivity index (χ2n) is 5.90. The zero-order chi connectivity index (χ0) is 17.1. The van der Waals surface area contributed by atoms with E-state index >= 15 is 0 Å². The van der Waals surface area contributed by atoms with E-state index in [4.69, 9.17) is 0 Å². The van der Waals surface area contributed by atoms with E-state index in [1.807, 2.05) is 34.9 Å². The number of rotatable bonds is 2. The number of thioether (sulfide) groups is 1. The van der Waals surface area contributed by atoms with Crippen LogP contribution < -0.4 is 10.2 Å². The molecule has 5 heteroatoms. The molecule has 0 radical (unpaired) electrons. The van der Waals surface area contributed by atoms with Crippen molar-refractivity contribution in [2.75, 3.05) is 16.8 Å². The van der Waals surface area contributed by atoms with Crippen LogP contribution >= 0.6 is 11.8 Å². The fourth-order valence-corrected chi connectivity index (χ4v) is 3.87. The summed E-state index contributed by atoms with van der Waals surface area (Å²) in [6.45, 7) is 4.36. The molecule has 2 amide bonds. The number of nitrogens with zero attached hydrogens (tertiary/aromatic N) is 1. The molecule has 0 spiro atoms. The van der Waals surface area contributed by atoms with Gasteiger partial charge >= 0.3 is 0 Å². The molecule has 1 aliphatic heterocycles. The number of carbonyl (C=O) groups excluding carboxylic acids is 2. The van der Waals surface area contributed by atoms with Crippen molar-refractivity contribution in [2.24, 2.45) is 0 Å². The van der Waals surface area contributed by atoms with Gasteiger partial charge in [0.25, 0.3) is 5.91 Å². The Morgan fingerprint density at radius 3 is 2.54 bits per heavy atom. The van der Waals surface area contributed by atoms with Crippen LogP contribution in [0.5, 0.6) is 0 Å². The molecule has 1 heterocycles. The summed E-state index contributed by atoms with van der Waals surface area (Å²) in [6.07, 6.45) is 0.953. The van der Waals surface area contributed by atoms with Crippen LogP contribution in [-0.4, -0.2) is 23.6 Å². The summed E-state index contributed by atoms with van der Waals surface area (Å²) < 4.78 is 0. The molecule has 0 aromatic heterocycles. The highest BCUT2D eigenvalue weighted by Gasteiger charge is 2.24. The van der Waals surface area contributed by atoms with Gasteiger partial charge in [-0.1, -0.05) is 19.1 Å². The van der Waals surface area contributed by atoms with Gasteiger partial charge in [0.05, 0.1) is 5.69 Å². The Labute approximate surface area is 146 Å². The Morgan fingerprint density at radius 1 is 1.12 bits per heavy atom. The number of fused-ring (bicyclic) bond motifs is 1. The number of hydrogen-bond donors (Lipinski definition) is 1. The molecule has 4 nitrogen and oxygen atoms in total. The van der Waals surface area contributed by atoms with Crippen LogP contribution in [0.25, 0.3) is 0 Å². The van der Waals surface area contributed by atoms with Gasteiger partial charge in [0.2, 0.25) is 5.91 Å². The lowest BCUT2D eigenvalue weighted by molar-refractivity contribution is -0.114. The molecule has 0 saturated heterocycles. The van der Waals surface area contributed by atoms with Crippen molar-refractivity contribution >= 4 is 35.0 Å². The molecule has 0 unspecified atom stereocenters. The third kappa shape index (κ3) is 3.62. The van der Waals surface area contributed by atoms with Gasteiger partial charge in [-0.15, -0.1) is 11.8 Å². The Balaban J connectivity index is 1.88. The van der Waals surface area contributed by atoms with Crippen LogP contribution in [-0.2, 0) is 4.79 Å². The predicted octanol–water partition coefficient (Wildman–Crippen LogP) is 4.18. The topological polar surface area (TPSA) is 49.4 Å². The molecule has 0 saturated carbocycles. The highest BCUT2D eigenvalue weighted by molar-refractivity contribution is 8.00. The second-order valence-corrected chi connectivity index (χ2v) is 7.38. The van der Waals surface area contributed by atoms with Crippen LogP contribution in [0.4, 0.5) is 11.4 Å². The lowest BCUT2D eigenvalue weighted by Crippen LogP contribution is -2.32. The van der Waals surface area contributed by atoms with Crippen LogP contribution in [0.15, 0.2) is 53.4 Å². The molecule has 0 fully saturated rings. The number of benzene rings is 2. The minimum Gasteiger partial charge on any atom is -0.326 e. The average molecular weight is 340 g/mol. The number of nitrogens with one attached hydrogen (secondary N) is 1. The molecule has 0 bridgehead atoms. The first-order valence-corrected chi connectivity index (χ1v) is 8.88. The van der Waals surface area contributed by atoms with Gasteiger partial charge < -0.3 is 10.2 Å². The first-order valence-electron chi connectivity index (χ1n) is 8.00. The van der Waals surface area contributed by atoms with Gasteiger partial charge in [0, 0.05) is 34.9 Å². The van der Waals surface area contributed by atoms with E-state index in [1.54, 1.807) is 24.3 Å². The molecule has 0 aliphatic carbocycles. The lowest BCUT2D eigenvalue weighted by atomic mass is 10.1. The Hall–Kier alpha value is -2.27. The molecule has 3 rings (SSSR count). The van der Waals surface area contributed by atoms with E-state index in [1.165, 1.54) is 6.92 Å². The van der Waals surface area contributed by atoms with Crippen LogP contribution in [0.3, 0.4) is 0 Å². The Morgan fingerprint density at radius 2 is 1.83 bits per heavy atom. The molecule has 2 aromatic rings. The first kappa shape index (κ1) is 16.6. The van der Waals surface area contributed by atoms with Gasteiger partial charge in [0.15, 0.2) is 0 Å². The molecule has 24 heavy (non-hydrogen) atoms. The van der Waals surface area contributed by atoms with Crippen molar-refractivity contribution in [3.05, 3.63) is 54.1 Å². The standard InChI is InChI=1S/C19H20N2O2S/c1-13-11-12-21(17-5-3-4-6-18(17)24-13)19(23)15-7-9-16(10-8-15)20-14(2)22/h3-10,13H,11-12H2,1-2H3,(H,20,22)/t13-/m1/s1. The Kier molecular flexibility index (Phi) is 4.90. The van der Waals surface area contributed by atoms with Gasteiger partial charge in [-0.25, -0.2) is 0 Å². The fraction of sp³-hybridized carbons (Fsp3) is 0.263. The molecule has 2 aromatic carbocycles. The van der Waals surface area contributed by atoms with E-state index in [0.29, 0.717) is 23.0 Å². The van der Waals surface area contributed by atoms with E-state index in [2.05, 4.69) is 18.3 Å². The summed E-state index contributed by atoms with van der Waals surface area (Å²) in [5, 5.41) is 3.19. The maximum atomic E-state index is 13.0. The predicted molar refractivity (Wildman–Crippen MR) is 98.8 cm³/mol. The zero-order valence-corrected chi connectivity index (χ0v) is 14.6. The van der Waals surface area contributed by atoms with Crippen molar-refractivity contribution in [1.29, 1.82) is 0 Å². The number of hydrogen-bond acceptors (Lipinski definition) is 3. The van der Waals surface area contributed by atoms with E-state index < -0.39 is 0 Å². The highest BCUT2D eigenvalue weighted by atomic mass is 32.2. The fourth-order valence-electron chi connectivity index (χ4n) is 2.75. The zero-order valence-electron chi connectivity index (χ0n) is 13.8. The molecule has 124 valence electrons. The Bertz CT molecular complexity index is 758. The molecular formula is C19H20N2O2S. The maximum Gasteiger partial charge on any atom is 0.258 e. The largest absolute Gasteiger partial charge is 0.326 e. The quantitative estimate of drug-likeness (QED) is 0.892. The van der Waals surface area contributed by atoms with E-state index in [9.17, 15) is 9.59 Å². The van der Waals surface area contributed by atoms with Gasteiger partial charge in [-0.3, -0.25) is 9.59 Å². The van der Waals surface area contributed by atoms with Crippen LogP contribution in [0.2, 0.25) is 0 Å². The van der Waals surface area contributed by atoms with Crippen molar-refractivity contribution in [1.82, 2.24) is 0 Å². The van der Waals surface area contributed by atoms with Gasteiger partial charge in [0.1, 0.15) is 0 Å². The third-order valence-electron chi connectivity index (χ3n) is 3.94. The summed E-state index contributed by atoms with van der Waals surface area (Å²) in [6, 6.07) is 15.1. The molecule has 1 atom stereocenters. The highest BCUT2D eigenvalue weighted by Crippen LogP contribution is 2.37. The summed E-state index contributed by atoms with van der Waals surface area (Å²) in [5.74, 6) is -0.131. The van der Waals surface area contributed by atoms with Crippen molar-refractivity contribution in [2.45, 2.75) is 30.4 Å². The normalized spacial score (nSPS) is 16.9. The van der Waals surface area contributed by atoms with Crippen LogP contribution in [0.1, 0.15) is 30.6 Å². The second kappa shape index (κ2) is 7.09. The number of amides is 2. The first-order chi connectivity index (χ1) is 11.5. The van der Waals surface area contributed by atoms with E-state index in [-0.39, 0.29) is 11.8 Å². The number of anilines is 2.